The van der Waals surface area contributed by atoms with Gasteiger partial charge >= 0.3 is 0 Å². The highest BCUT2D eigenvalue weighted by Gasteiger charge is 2.00. The van der Waals surface area contributed by atoms with Gasteiger partial charge < -0.3 is 25.2 Å². The summed E-state index contributed by atoms with van der Waals surface area (Å²) in [6, 6.07) is 0. The molecule has 0 saturated heterocycles. The van der Waals surface area contributed by atoms with Gasteiger partial charge in [-0.1, -0.05) is 26.2 Å². The highest BCUT2D eigenvalue weighted by atomic mass is 16.5. The molecule has 0 aromatic carbocycles. The van der Waals surface area contributed by atoms with Crippen molar-refractivity contribution in [1.82, 2.24) is 0 Å². The maximum Gasteiger partial charge on any atom is 0.0698 e. The predicted molar refractivity (Wildman–Crippen MR) is 66.8 cm³/mol. The van der Waals surface area contributed by atoms with Crippen LogP contribution in [0.5, 0.6) is 0 Å². The van der Waals surface area contributed by atoms with Crippen molar-refractivity contribution in [3.8, 4) is 0 Å². The fourth-order valence-electron chi connectivity index (χ4n) is 1.15. The lowest BCUT2D eigenvalue weighted by Gasteiger charge is -2.06. The first-order valence-corrected chi connectivity index (χ1v) is 6.31. The Hall–Kier alpha value is -0.200. The molecule has 0 heterocycles. The van der Waals surface area contributed by atoms with E-state index in [1.807, 2.05) is 0 Å². The van der Waals surface area contributed by atoms with Crippen molar-refractivity contribution in [2.75, 3.05) is 33.0 Å². The Balaban J connectivity index is 0. The normalized spacial score (nSPS) is 11.8. The van der Waals surface area contributed by atoms with Crippen LogP contribution < -0.4 is 0 Å². The molecule has 0 aromatic heterocycles. The van der Waals surface area contributed by atoms with Crippen LogP contribution >= 0.6 is 0 Å². The first-order valence-electron chi connectivity index (χ1n) is 6.31. The Kier molecular flexibility index (Phi) is 20.5. The molecule has 4 N–H and O–H groups in total. The SMILES string of the molecule is CCCCCC(O)CCO.OCCOCCO. The van der Waals surface area contributed by atoms with E-state index in [9.17, 15) is 0 Å². The maximum absolute atomic E-state index is 9.12. The molecule has 0 rings (SSSR count). The number of aliphatic hydroxyl groups excluding tert-OH is 4. The van der Waals surface area contributed by atoms with E-state index >= 15 is 0 Å². The third kappa shape index (κ3) is 21.6. The molecule has 0 bridgehead atoms. The van der Waals surface area contributed by atoms with E-state index < -0.39 is 0 Å². The molecule has 5 heteroatoms. The summed E-state index contributed by atoms with van der Waals surface area (Å²) in [5.41, 5.74) is 0. The summed E-state index contributed by atoms with van der Waals surface area (Å²) in [6.07, 6.45) is 4.54. The number of unbranched alkanes of at least 4 members (excludes halogenated alkanes) is 2. The van der Waals surface area contributed by atoms with Crippen molar-refractivity contribution in [1.29, 1.82) is 0 Å². The van der Waals surface area contributed by atoms with Gasteiger partial charge in [-0.25, -0.2) is 0 Å². The van der Waals surface area contributed by atoms with Crippen LogP contribution in [0, 0.1) is 0 Å². The number of aliphatic hydroxyl groups is 4. The van der Waals surface area contributed by atoms with Crippen LogP contribution in [-0.2, 0) is 4.74 Å². The smallest absolute Gasteiger partial charge is 0.0698 e. The summed E-state index contributed by atoms with van der Waals surface area (Å²) in [7, 11) is 0. The summed E-state index contributed by atoms with van der Waals surface area (Å²) in [5.74, 6) is 0. The number of rotatable bonds is 10. The average molecular weight is 252 g/mol. The second-order valence-corrected chi connectivity index (χ2v) is 3.72. The quantitative estimate of drug-likeness (QED) is 0.420. The van der Waals surface area contributed by atoms with Gasteiger partial charge in [-0.3, -0.25) is 0 Å². The molecule has 0 aliphatic rings. The van der Waals surface area contributed by atoms with E-state index in [1.165, 1.54) is 12.8 Å². The van der Waals surface area contributed by atoms with Gasteiger partial charge in [0.15, 0.2) is 0 Å². The van der Waals surface area contributed by atoms with Crippen LogP contribution in [0.1, 0.15) is 39.0 Å². The van der Waals surface area contributed by atoms with E-state index in [4.69, 9.17) is 20.4 Å². The number of hydrogen-bond donors (Lipinski definition) is 4. The van der Waals surface area contributed by atoms with Gasteiger partial charge in [0.2, 0.25) is 0 Å². The Morgan fingerprint density at radius 2 is 1.47 bits per heavy atom. The van der Waals surface area contributed by atoms with Crippen LogP contribution in [0.15, 0.2) is 0 Å². The molecule has 0 aliphatic carbocycles. The lowest BCUT2D eigenvalue weighted by Crippen LogP contribution is -2.07. The van der Waals surface area contributed by atoms with Gasteiger partial charge in [0.1, 0.15) is 0 Å². The zero-order valence-electron chi connectivity index (χ0n) is 10.8. The topological polar surface area (TPSA) is 90.2 Å². The lowest BCUT2D eigenvalue weighted by molar-refractivity contribution is 0.0650. The fraction of sp³-hybridized carbons (Fsp3) is 1.00. The summed E-state index contributed by atoms with van der Waals surface area (Å²) in [6.45, 7) is 2.94. The number of ether oxygens (including phenoxy) is 1. The minimum atomic E-state index is -0.281. The summed E-state index contributed by atoms with van der Waals surface area (Å²) >= 11 is 0. The molecule has 0 radical (unpaired) electrons. The van der Waals surface area contributed by atoms with E-state index in [-0.39, 0.29) is 25.9 Å². The maximum atomic E-state index is 9.12. The third-order valence-corrected chi connectivity index (χ3v) is 2.07. The van der Waals surface area contributed by atoms with Gasteiger partial charge in [0.05, 0.1) is 32.5 Å². The van der Waals surface area contributed by atoms with Crippen molar-refractivity contribution >= 4 is 0 Å². The highest BCUT2D eigenvalue weighted by molar-refractivity contribution is 4.53. The first kappa shape index (κ1) is 19.1. The van der Waals surface area contributed by atoms with Gasteiger partial charge in [0.25, 0.3) is 0 Å². The minimum absolute atomic E-state index is 0.0278. The van der Waals surface area contributed by atoms with E-state index in [0.29, 0.717) is 19.6 Å². The van der Waals surface area contributed by atoms with Gasteiger partial charge in [-0.2, -0.15) is 0 Å². The minimum Gasteiger partial charge on any atom is -0.396 e. The molecule has 0 aromatic rings. The molecule has 5 nitrogen and oxygen atoms in total. The number of hydrogen-bond acceptors (Lipinski definition) is 5. The van der Waals surface area contributed by atoms with Crippen molar-refractivity contribution < 1.29 is 25.2 Å². The van der Waals surface area contributed by atoms with E-state index in [2.05, 4.69) is 11.7 Å². The van der Waals surface area contributed by atoms with Crippen LogP contribution in [0.25, 0.3) is 0 Å². The zero-order chi connectivity index (χ0) is 13.4. The Morgan fingerprint density at radius 3 is 1.88 bits per heavy atom. The Morgan fingerprint density at radius 1 is 0.882 bits per heavy atom. The molecule has 17 heavy (non-hydrogen) atoms. The van der Waals surface area contributed by atoms with Crippen molar-refractivity contribution in [3.05, 3.63) is 0 Å². The molecule has 106 valence electrons. The molecule has 0 aliphatic heterocycles. The molecule has 0 fully saturated rings. The molecular formula is C12H28O5. The Labute approximate surface area is 104 Å². The first-order chi connectivity index (χ1) is 8.22. The fourth-order valence-corrected chi connectivity index (χ4v) is 1.15. The van der Waals surface area contributed by atoms with E-state index in [0.717, 1.165) is 12.8 Å². The largest absolute Gasteiger partial charge is 0.396 e. The molecular weight excluding hydrogens is 224 g/mol. The lowest BCUT2D eigenvalue weighted by atomic mass is 10.1. The molecule has 0 spiro atoms. The molecule has 1 atom stereocenters. The van der Waals surface area contributed by atoms with Gasteiger partial charge in [0, 0.05) is 6.61 Å². The van der Waals surface area contributed by atoms with Crippen molar-refractivity contribution in [2.24, 2.45) is 0 Å². The monoisotopic (exact) mass is 252 g/mol. The zero-order valence-corrected chi connectivity index (χ0v) is 10.8. The second kappa shape index (κ2) is 18.2. The summed E-state index contributed by atoms with van der Waals surface area (Å²) < 4.78 is 4.63. The van der Waals surface area contributed by atoms with Crippen LogP contribution in [-0.4, -0.2) is 59.6 Å². The predicted octanol–water partition coefficient (Wildman–Crippen LogP) is 0.298. The molecule has 0 saturated carbocycles. The van der Waals surface area contributed by atoms with Crippen LogP contribution in [0.2, 0.25) is 0 Å². The van der Waals surface area contributed by atoms with Crippen molar-refractivity contribution in [2.45, 2.75) is 45.1 Å². The standard InChI is InChI=1S/C8H18O2.C4H10O3/c1-2-3-4-5-8(10)6-7-9;5-1-3-7-4-2-6/h8-10H,2-7H2,1H3;5-6H,1-4H2. The Bertz CT molecular complexity index is 117. The average Bonchev–Trinajstić information content (AvgIpc) is 2.31. The van der Waals surface area contributed by atoms with Crippen LogP contribution in [0.4, 0.5) is 0 Å². The highest BCUT2D eigenvalue weighted by Crippen LogP contribution is 2.05. The van der Waals surface area contributed by atoms with E-state index in [1.54, 1.807) is 0 Å². The summed E-state index contributed by atoms with van der Waals surface area (Å²) in [4.78, 5) is 0. The molecule has 0 amide bonds. The van der Waals surface area contributed by atoms with Gasteiger partial charge in [-0.15, -0.1) is 0 Å². The van der Waals surface area contributed by atoms with Gasteiger partial charge in [-0.05, 0) is 12.8 Å². The summed E-state index contributed by atoms with van der Waals surface area (Å²) in [5, 5.41) is 33.7. The second-order valence-electron chi connectivity index (χ2n) is 3.72. The third-order valence-electron chi connectivity index (χ3n) is 2.07. The van der Waals surface area contributed by atoms with Crippen LogP contribution in [0.3, 0.4) is 0 Å². The van der Waals surface area contributed by atoms with Crippen molar-refractivity contribution in [3.63, 3.8) is 0 Å². The molecule has 1 unspecified atom stereocenters.